The standard InChI is InChI=1S/C31H47NO2/c1-4-6-7-8-9-10-11-12-13-14-15-16-17-19-27-20-18-21-29(34-5-2)30(27)31(33)32-28-24-22-26(3)23-25-28/h18,20-25H,4-17,19H2,1-3H3,(H,32,33). The Kier molecular flexibility index (Phi) is 14.1. The number of amides is 1. The van der Waals surface area contributed by atoms with E-state index in [0.717, 1.165) is 24.1 Å². The Morgan fingerprint density at radius 1 is 0.735 bits per heavy atom. The van der Waals surface area contributed by atoms with E-state index in [0.29, 0.717) is 17.9 Å². The molecule has 2 aromatic carbocycles. The highest BCUT2D eigenvalue weighted by Gasteiger charge is 2.17. The molecule has 0 saturated carbocycles. The summed E-state index contributed by atoms with van der Waals surface area (Å²) in [5.41, 5.74) is 3.76. The maximum Gasteiger partial charge on any atom is 0.259 e. The molecule has 0 aliphatic carbocycles. The van der Waals surface area contributed by atoms with Crippen molar-refractivity contribution in [3.05, 3.63) is 59.2 Å². The highest BCUT2D eigenvalue weighted by molar-refractivity contribution is 6.07. The molecule has 2 rings (SSSR count). The normalized spacial score (nSPS) is 10.9. The van der Waals surface area contributed by atoms with Gasteiger partial charge in [0.1, 0.15) is 5.75 Å². The van der Waals surface area contributed by atoms with Crippen LogP contribution in [-0.2, 0) is 6.42 Å². The van der Waals surface area contributed by atoms with Crippen molar-refractivity contribution in [2.75, 3.05) is 11.9 Å². The zero-order valence-corrected chi connectivity index (χ0v) is 22.0. The molecule has 1 amide bonds. The van der Waals surface area contributed by atoms with Crippen molar-refractivity contribution < 1.29 is 9.53 Å². The molecule has 3 heteroatoms. The molecule has 3 nitrogen and oxygen atoms in total. The van der Waals surface area contributed by atoms with E-state index in [4.69, 9.17) is 4.74 Å². The minimum absolute atomic E-state index is 0.0856. The predicted molar refractivity (Wildman–Crippen MR) is 146 cm³/mol. The van der Waals surface area contributed by atoms with Gasteiger partial charge in [-0.2, -0.15) is 0 Å². The number of nitrogens with one attached hydrogen (secondary N) is 1. The summed E-state index contributed by atoms with van der Waals surface area (Å²) < 4.78 is 5.81. The third-order valence-electron chi connectivity index (χ3n) is 6.50. The number of unbranched alkanes of at least 4 members (excludes halogenated alkanes) is 12. The van der Waals surface area contributed by atoms with Gasteiger partial charge in [0, 0.05) is 5.69 Å². The van der Waals surface area contributed by atoms with Gasteiger partial charge in [-0.1, -0.05) is 114 Å². The Labute approximate surface area is 208 Å². The first kappa shape index (κ1) is 28.0. The SMILES string of the molecule is CCCCCCCCCCCCCCCc1cccc(OCC)c1C(=O)Nc1ccc(C)cc1. The first-order chi connectivity index (χ1) is 16.7. The first-order valence-electron chi connectivity index (χ1n) is 13.8. The Morgan fingerprint density at radius 2 is 1.29 bits per heavy atom. The smallest absolute Gasteiger partial charge is 0.259 e. The summed E-state index contributed by atoms with van der Waals surface area (Å²) >= 11 is 0. The van der Waals surface area contributed by atoms with Gasteiger partial charge in [-0.25, -0.2) is 0 Å². The van der Waals surface area contributed by atoms with Crippen LogP contribution in [0.5, 0.6) is 5.75 Å². The van der Waals surface area contributed by atoms with Gasteiger partial charge >= 0.3 is 0 Å². The second-order valence-electron chi connectivity index (χ2n) is 9.54. The van der Waals surface area contributed by atoms with E-state index in [9.17, 15) is 4.79 Å². The lowest BCUT2D eigenvalue weighted by Gasteiger charge is -2.15. The van der Waals surface area contributed by atoms with Gasteiger partial charge < -0.3 is 10.1 Å². The van der Waals surface area contributed by atoms with Crippen LogP contribution in [0.1, 0.15) is 119 Å². The van der Waals surface area contributed by atoms with E-state index in [1.54, 1.807) is 0 Å². The van der Waals surface area contributed by atoms with Crippen LogP contribution >= 0.6 is 0 Å². The Bertz CT molecular complexity index is 813. The van der Waals surface area contributed by atoms with Crippen LogP contribution in [0.25, 0.3) is 0 Å². The average Bonchev–Trinajstić information content (AvgIpc) is 2.83. The Morgan fingerprint density at radius 3 is 1.85 bits per heavy atom. The first-order valence-corrected chi connectivity index (χ1v) is 13.8. The summed E-state index contributed by atoms with van der Waals surface area (Å²) in [5.74, 6) is 0.594. The molecule has 2 aromatic rings. The van der Waals surface area contributed by atoms with Gasteiger partial charge in [0.15, 0.2) is 0 Å². The molecule has 1 N–H and O–H groups in total. The number of carbonyl (C=O) groups is 1. The summed E-state index contributed by atoms with van der Waals surface area (Å²) in [6.07, 6.45) is 18.4. The number of benzene rings is 2. The Hall–Kier alpha value is -2.29. The molecule has 188 valence electrons. The maximum atomic E-state index is 13.2. The van der Waals surface area contributed by atoms with E-state index in [-0.39, 0.29) is 5.91 Å². The fourth-order valence-electron chi connectivity index (χ4n) is 4.48. The number of ether oxygens (including phenoxy) is 1. The molecule has 0 aliphatic rings. The average molecular weight is 466 g/mol. The molecule has 0 aromatic heterocycles. The molecule has 0 saturated heterocycles. The molecular formula is C31H47NO2. The monoisotopic (exact) mass is 465 g/mol. The van der Waals surface area contributed by atoms with Crippen LogP contribution in [0.15, 0.2) is 42.5 Å². The van der Waals surface area contributed by atoms with Crippen molar-refractivity contribution in [2.24, 2.45) is 0 Å². The fourth-order valence-corrected chi connectivity index (χ4v) is 4.48. The zero-order valence-electron chi connectivity index (χ0n) is 22.0. The molecule has 0 radical (unpaired) electrons. The van der Waals surface area contributed by atoms with E-state index in [1.807, 2.05) is 50.2 Å². The second-order valence-corrected chi connectivity index (χ2v) is 9.54. The van der Waals surface area contributed by atoms with Gasteiger partial charge in [0.2, 0.25) is 0 Å². The molecule has 0 bridgehead atoms. The fraction of sp³-hybridized carbons (Fsp3) is 0.581. The number of anilines is 1. The molecule has 0 fully saturated rings. The third kappa shape index (κ3) is 10.8. The Balaban J connectivity index is 1.75. The highest BCUT2D eigenvalue weighted by Crippen LogP contribution is 2.26. The van der Waals surface area contributed by atoms with Gasteiger partial charge in [-0.3, -0.25) is 4.79 Å². The van der Waals surface area contributed by atoms with Crippen LogP contribution < -0.4 is 10.1 Å². The van der Waals surface area contributed by atoms with Crippen molar-refractivity contribution in [3.63, 3.8) is 0 Å². The van der Waals surface area contributed by atoms with Crippen molar-refractivity contribution in [1.29, 1.82) is 0 Å². The summed E-state index contributed by atoms with van der Waals surface area (Å²) in [5, 5.41) is 3.05. The zero-order chi connectivity index (χ0) is 24.4. The minimum Gasteiger partial charge on any atom is -0.493 e. The van der Waals surface area contributed by atoms with Crippen LogP contribution in [0.4, 0.5) is 5.69 Å². The van der Waals surface area contributed by atoms with Crippen molar-refractivity contribution in [2.45, 2.75) is 111 Å². The lowest BCUT2D eigenvalue weighted by Crippen LogP contribution is -2.16. The van der Waals surface area contributed by atoms with Gasteiger partial charge in [-0.15, -0.1) is 0 Å². The van der Waals surface area contributed by atoms with Crippen LogP contribution in [0.2, 0.25) is 0 Å². The van der Waals surface area contributed by atoms with E-state index >= 15 is 0 Å². The maximum absolute atomic E-state index is 13.2. The van der Waals surface area contributed by atoms with Gasteiger partial charge in [-0.05, 0) is 50.5 Å². The second kappa shape index (κ2) is 17.2. The topological polar surface area (TPSA) is 38.3 Å². The highest BCUT2D eigenvalue weighted by atomic mass is 16.5. The van der Waals surface area contributed by atoms with E-state index in [2.05, 4.69) is 18.3 Å². The van der Waals surface area contributed by atoms with Crippen molar-refractivity contribution >= 4 is 11.6 Å². The lowest BCUT2D eigenvalue weighted by molar-refractivity contribution is 0.102. The summed E-state index contributed by atoms with van der Waals surface area (Å²) in [6.45, 7) is 6.83. The third-order valence-corrected chi connectivity index (χ3v) is 6.50. The van der Waals surface area contributed by atoms with Crippen molar-refractivity contribution in [1.82, 2.24) is 0 Å². The summed E-state index contributed by atoms with van der Waals surface area (Å²) in [6, 6.07) is 13.9. The molecule has 0 heterocycles. The number of hydrogen-bond donors (Lipinski definition) is 1. The van der Waals surface area contributed by atoms with E-state index < -0.39 is 0 Å². The molecule has 0 aliphatic heterocycles. The van der Waals surface area contributed by atoms with E-state index in [1.165, 1.54) is 82.6 Å². The molecule has 34 heavy (non-hydrogen) atoms. The summed E-state index contributed by atoms with van der Waals surface area (Å²) in [7, 11) is 0. The number of aryl methyl sites for hydroxylation is 2. The van der Waals surface area contributed by atoms with Gasteiger partial charge in [0.25, 0.3) is 5.91 Å². The molecule has 0 atom stereocenters. The van der Waals surface area contributed by atoms with Gasteiger partial charge in [0.05, 0.1) is 12.2 Å². The number of hydrogen-bond acceptors (Lipinski definition) is 2. The molecule has 0 spiro atoms. The van der Waals surface area contributed by atoms with Crippen LogP contribution in [0.3, 0.4) is 0 Å². The van der Waals surface area contributed by atoms with Crippen LogP contribution in [-0.4, -0.2) is 12.5 Å². The largest absolute Gasteiger partial charge is 0.493 e. The number of rotatable bonds is 18. The van der Waals surface area contributed by atoms with Crippen molar-refractivity contribution in [3.8, 4) is 5.75 Å². The number of carbonyl (C=O) groups excluding carboxylic acids is 1. The van der Waals surface area contributed by atoms with Crippen LogP contribution in [0, 0.1) is 6.92 Å². The summed E-state index contributed by atoms with van der Waals surface area (Å²) in [4.78, 5) is 13.2. The minimum atomic E-state index is -0.0856. The lowest BCUT2D eigenvalue weighted by atomic mass is 9.98. The molecular weight excluding hydrogens is 418 g/mol. The quantitative estimate of drug-likeness (QED) is 0.223. The molecule has 0 unspecified atom stereocenters. The predicted octanol–water partition coefficient (Wildman–Crippen LogP) is 9.28.